The van der Waals surface area contributed by atoms with Crippen molar-refractivity contribution < 1.29 is 4.42 Å². The molecule has 4 aromatic heterocycles. The molecular weight excluding hydrogens is 675 g/mol. The molecule has 0 saturated carbocycles. The van der Waals surface area contributed by atoms with Crippen LogP contribution in [0, 0.1) is 0 Å². The number of fused-ring (bicyclic) bond motifs is 12. The van der Waals surface area contributed by atoms with E-state index in [1.54, 1.807) is 0 Å². The van der Waals surface area contributed by atoms with E-state index in [1.807, 2.05) is 30.3 Å². The zero-order valence-corrected chi connectivity index (χ0v) is 29.4. The van der Waals surface area contributed by atoms with Gasteiger partial charge in [-0.05, 0) is 41.8 Å². The summed E-state index contributed by atoms with van der Waals surface area (Å²) in [4.78, 5) is 16.0. The highest BCUT2D eigenvalue weighted by Gasteiger charge is 2.24. The van der Waals surface area contributed by atoms with Gasteiger partial charge in [-0.2, -0.15) is 9.97 Å². The maximum absolute atomic E-state index is 6.61. The Morgan fingerprint density at radius 1 is 0.400 bits per heavy atom. The first kappa shape index (κ1) is 29.9. The van der Waals surface area contributed by atoms with Gasteiger partial charge in [-0.25, -0.2) is 4.98 Å². The van der Waals surface area contributed by atoms with Gasteiger partial charge < -0.3 is 8.98 Å². The summed E-state index contributed by atoms with van der Waals surface area (Å²) in [5, 5.41) is 8.82. The molecule has 0 aliphatic heterocycles. The summed E-state index contributed by atoms with van der Waals surface area (Å²) in [6, 6.07) is 61.3. The molecule has 12 aromatic rings. The number of nitrogens with zero attached hydrogens (tertiary/aromatic N) is 5. The van der Waals surface area contributed by atoms with Crippen molar-refractivity contribution in [2.45, 2.75) is 0 Å². The SMILES string of the molecule is c1ccc(-c2nc(-c3cccc4oc5c6ccccc6ccc5c34)nc(-n3c4ccccc4c4ccc5c6ccccc6n(-c6ccccc6)c5c43)n2)cc1. The van der Waals surface area contributed by atoms with Crippen LogP contribution in [0.15, 0.2) is 180 Å². The van der Waals surface area contributed by atoms with Crippen molar-refractivity contribution in [3.8, 4) is 34.4 Å². The molecule has 0 amide bonds. The minimum absolute atomic E-state index is 0.544. The fourth-order valence-corrected chi connectivity index (χ4v) is 8.60. The molecule has 0 unspecified atom stereocenters. The van der Waals surface area contributed by atoms with E-state index in [4.69, 9.17) is 19.4 Å². The summed E-state index contributed by atoms with van der Waals surface area (Å²) in [5.41, 5.74) is 8.82. The molecule has 6 heteroatoms. The lowest BCUT2D eigenvalue weighted by Gasteiger charge is -2.13. The lowest BCUT2D eigenvalue weighted by atomic mass is 10.0. The highest BCUT2D eigenvalue weighted by atomic mass is 16.3. The second-order valence-electron chi connectivity index (χ2n) is 14.0. The van der Waals surface area contributed by atoms with Gasteiger partial charge in [-0.15, -0.1) is 0 Å². The molecule has 0 fully saturated rings. The summed E-state index contributed by atoms with van der Waals surface area (Å²) in [6.07, 6.45) is 0. The molecule has 0 N–H and O–H groups in total. The molecule has 4 heterocycles. The van der Waals surface area contributed by atoms with Gasteiger partial charge in [-0.3, -0.25) is 4.57 Å². The van der Waals surface area contributed by atoms with E-state index in [0.29, 0.717) is 17.6 Å². The second kappa shape index (κ2) is 11.5. The summed E-state index contributed by atoms with van der Waals surface area (Å²) in [6.45, 7) is 0. The van der Waals surface area contributed by atoms with Gasteiger partial charge in [0.2, 0.25) is 5.95 Å². The van der Waals surface area contributed by atoms with Crippen LogP contribution >= 0.6 is 0 Å². The lowest BCUT2D eigenvalue weighted by molar-refractivity contribution is 0.672. The van der Waals surface area contributed by atoms with Gasteiger partial charge in [0.1, 0.15) is 11.2 Å². The van der Waals surface area contributed by atoms with E-state index in [2.05, 4.69) is 155 Å². The zero-order valence-electron chi connectivity index (χ0n) is 29.4. The largest absolute Gasteiger partial charge is 0.455 e. The maximum Gasteiger partial charge on any atom is 0.238 e. The Kier molecular flexibility index (Phi) is 6.24. The Hall–Kier alpha value is -7.57. The van der Waals surface area contributed by atoms with Gasteiger partial charge in [-0.1, -0.05) is 140 Å². The van der Waals surface area contributed by atoms with Gasteiger partial charge in [0.25, 0.3) is 0 Å². The highest BCUT2D eigenvalue weighted by molar-refractivity contribution is 6.24. The minimum Gasteiger partial charge on any atom is -0.455 e. The summed E-state index contributed by atoms with van der Waals surface area (Å²) < 4.78 is 11.2. The summed E-state index contributed by atoms with van der Waals surface area (Å²) in [5.74, 6) is 1.72. The molecule has 55 heavy (non-hydrogen) atoms. The van der Waals surface area contributed by atoms with Crippen LogP contribution in [-0.4, -0.2) is 24.1 Å². The molecule has 0 aliphatic rings. The van der Waals surface area contributed by atoms with Gasteiger partial charge >= 0.3 is 0 Å². The van der Waals surface area contributed by atoms with Crippen molar-refractivity contribution >= 4 is 76.3 Å². The van der Waals surface area contributed by atoms with Crippen molar-refractivity contribution in [1.82, 2.24) is 24.1 Å². The number of hydrogen-bond donors (Lipinski definition) is 0. The Balaban J connectivity index is 1.23. The number of hydrogen-bond acceptors (Lipinski definition) is 4. The van der Waals surface area contributed by atoms with Crippen LogP contribution in [0.5, 0.6) is 0 Å². The summed E-state index contributed by atoms with van der Waals surface area (Å²) >= 11 is 0. The smallest absolute Gasteiger partial charge is 0.238 e. The van der Waals surface area contributed by atoms with Crippen molar-refractivity contribution in [1.29, 1.82) is 0 Å². The Morgan fingerprint density at radius 3 is 1.76 bits per heavy atom. The Morgan fingerprint density at radius 2 is 1.00 bits per heavy atom. The quantitative estimate of drug-likeness (QED) is 0.183. The number of para-hydroxylation sites is 3. The van der Waals surface area contributed by atoms with Gasteiger partial charge in [0.05, 0.1) is 22.1 Å². The molecule has 0 spiro atoms. The molecule has 6 nitrogen and oxygen atoms in total. The first-order chi connectivity index (χ1) is 27.3. The van der Waals surface area contributed by atoms with E-state index in [1.165, 1.54) is 5.39 Å². The first-order valence-electron chi connectivity index (χ1n) is 18.5. The standard InChI is InChI=1S/C49H29N5O/c1-3-15-31(16-4-1)47-50-48(39-22-13-25-42-43(39)38-27-26-30-14-7-8-19-33(30)46(38)55-42)52-49(51-47)54-41-24-12-10-21-35(41)37-29-28-36-34-20-9-11-23-40(34)53(44(36)45(37)54)32-17-5-2-6-18-32/h1-29H. The first-order valence-corrected chi connectivity index (χ1v) is 18.5. The van der Waals surface area contributed by atoms with Crippen LogP contribution in [0.2, 0.25) is 0 Å². The third-order valence-electron chi connectivity index (χ3n) is 11.0. The highest BCUT2D eigenvalue weighted by Crippen LogP contribution is 2.43. The van der Waals surface area contributed by atoms with E-state index >= 15 is 0 Å². The average molecular weight is 704 g/mol. The molecule has 256 valence electrons. The molecule has 0 aliphatic carbocycles. The zero-order chi connectivity index (χ0) is 36.0. The maximum atomic E-state index is 6.61. The number of rotatable bonds is 4. The molecule has 0 radical (unpaired) electrons. The lowest BCUT2D eigenvalue weighted by Crippen LogP contribution is -2.07. The van der Waals surface area contributed by atoms with Gasteiger partial charge in [0.15, 0.2) is 11.6 Å². The molecule has 0 atom stereocenters. The number of aromatic nitrogens is 5. The van der Waals surface area contributed by atoms with Crippen LogP contribution in [0.25, 0.3) is 111 Å². The second-order valence-corrected chi connectivity index (χ2v) is 14.0. The van der Waals surface area contributed by atoms with Crippen molar-refractivity contribution in [2.24, 2.45) is 0 Å². The molecular formula is C49H29N5O. The Bertz CT molecular complexity index is 3490. The molecule has 0 saturated heterocycles. The van der Waals surface area contributed by atoms with Crippen molar-refractivity contribution in [3.63, 3.8) is 0 Å². The Labute approximate surface area is 314 Å². The van der Waals surface area contributed by atoms with E-state index in [9.17, 15) is 0 Å². The normalized spacial score (nSPS) is 12.0. The molecule has 0 bridgehead atoms. The minimum atomic E-state index is 0.544. The summed E-state index contributed by atoms with van der Waals surface area (Å²) in [7, 11) is 0. The van der Waals surface area contributed by atoms with Crippen LogP contribution < -0.4 is 0 Å². The number of furan rings is 1. The fraction of sp³-hybridized carbons (Fsp3) is 0. The van der Waals surface area contributed by atoms with Crippen LogP contribution in [0.1, 0.15) is 0 Å². The fourth-order valence-electron chi connectivity index (χ4n) is 8.60. The third kappa shape index (κ3) is 4.33. The molecule has 12 rings (SSSR count). The number of benzene rings is 8. The predicted octanol–water partition coefficient (Wildman–Crippen LogP) is 12.5. The van der Waals surface area contributed by atoms with E-state index in [0.717, 1.165) is 87.8 Å². The van der Waals surface area contributed by atoms with Gasteiger partial charge in [0, 0.05) is 54.5 Å². The monoisotopic (exact) mass is 703 g/mol. The molecule has 8 aromatic carbocycles. The van der Waals surface area contributed by atoms with Crippen LogP contribution in [0.4, 0.5) is 0 Å². The van der Waals surface area contributed by atoms with Crippen LogP contribution in [-0.2, 0) is 0 Å². The van der Waals surface area contributed by atoms with E-state index < -0.39 is 0 Å². The van der Waals surface area contributed by atoms with Crippen molar-refractivity contribution in [2.75, 3.05) is 0 Å². The van der Waals surface area contributed by atoms with Crippen LogP contribution in [0.3, 0.4) is 0 Å². The third-order valence-corrected chi connectivity index (χ3v) is 11.0. The topological polar surface area (TPSA) is 61.7 Å². The van der Waals surface area contributed by atoms with Crippen molar-refractivity contribution in [3.05, 3.63) is 176 Å². The average Bonchev–Trinajstić information content (AvgIpc) is 3.92. The predicted molar refractivity (Wildman–Crippen MR) is 224 cm³/mol. The van der Waals surface area contributed by atoms with E-state index in [-0.39, 0.29) is 0 Å².